The van der Waals surface area contributed by atoms with E-state index in [4.69, 9.17) is 26.8 Å². The molecule has 37 heavy (non-hydrogen) atoms. The fourth-order valence-electron chi connectivity index (χ4n) is 3.15. The third-order valence-electron chi connectivity index (χ3n) is 4.77. The van der Waals surface area contributed by atoms with E-state index >= 15 is 0 Å². The van der Waals surface area contributed by atoms with Crippen LogP contribution in [0, 0.1) is 0 Å². The van der Waals surface area contributed by atoms with Crippen molar-refractivity contribution >= 4 is 64.1 Å². The molecule has 1 heterocycles. The van der Waals surface area contributed by atoms with Crippen molar-refractivity contribution in [1.82, 2.24) is 4.90 Å². The molecule has 11 nitrogen and oxygen atoms in total. The fourth-order valence-corrected chi connectivity index (χ4v) is 4.19. The number of thioether (sulfide) groups is 1. The molecule has 0 aromatic heterocycles. The van der Waals surface area contributed by atoms with Crippen LogP contribution in [-0.4, -0.2) is 60.7 Å². The number of nitrogens with two attached hydrogens (primary N) is 1. The maximum absolute atomic E-state index is 12.8. The number of primary amides is 1. The molecule has 2 aromatic carbocycles. The van der Waals surface area contributed by atoms with Gasteiger partial charge in [-0.2, -0.15) is 0 Å². The summed E-state index contributed by atoms with van der Waals surface area (Å²) >= 11 is 6.66. The number of anilines is 1. The van der Waals surface area contributed by atoms with Gasteiger partial charge in [-0.25, -0.2) is 4.79 Å². The van der Waals surface area contributed by atoms with Crippen molar-refractivity contribution in [3.8, 4) is 11.5 Å². The monoisotopic (exact) mass is 547 g/mol. The average molecular weight is 548 g/mol. The minimum Gasteiger partial charge on any atom is -0.490 e. The van der Waals surface area contributed by atoms with E-state index in [-0.39, 0.29) is 27.8 Å². The summed E-state index contributed by atoms with van der Waals surface area (Å²) in [5.41, 5.74) is 5.92. The summed E-state index contributed by atoms with van der Waals surface area (Å²) < 4.78 is 15.5. The topological polar surface area (TPSA) is 154 Å². The van der Waals surface area contributed by atoms with E-state index in [1.165, 1.54) is 31.4 Å². The molecule has 1 fully saturated rings. The molecule has 0 spiro atoms. The number of hydrogen-bond acceptors (Lipinski definition) is 9. The second-order valence-corrected chi connectivity index (χ2v) is 8.80. The predicted molar refractivity (Wildman–Crippen MR) is 136 cm³/mol. The number of benzene rings is 2. The maximum atomic E-state index is 12.8. The number of hydrogen-bond donors (Lipinski definition) is 2. The van der Waals surface area contributed by atoms with Gasteiger partial charge in [0.1, 0.15) is 6.54 Å². The highest BCUT2D eigenvalue weighted by atomic mass is 35.5. The van der Waals surface area contributed by atoms with Gasteiger partial charge in [-0.3, -0.25) is 24.1 Å². The second-order valence-electron chi connectivity index (χ2n) is 7.40. The van der Waals surface area contributed by atoms with Gasteiger partial charge >= 0.3 is 5.97 Å². The van der Waals surface area contributed by atoms with Crippen LogP contribution in [0.25, 0.3) is 6.08 Å². The molecule has 4 amide bonds. The summed E-state index contributed by atoms with van der Waals surface area (Å²) in [5, 5.41) is 2.04. The van der Waals surface area contributed by atoms with Crippen molar-refractivity contribution in [2.45, 2.75) is 6.92 Å². The number of methoxy groups -OCH3 is 1. The van der Waals surface area contributed by atoms with Crippen molar-refractivity contribution in [2.75, 3.05) is 32.2 Å². The summed E-state index contributed by atoms with van der Waals surface area (Å²) in [6.45, 7) is 1.21. The lowest BCUT2D eigenvalue weighted by atomic mass is 10.2. The Balaban J connectivity index is 1.72. The van der Waals surface area contributed by atoms with Crippen molar-refractivity contribution in [2.24, 2.45) is 5.73 Å². The first-order valence-corrected chi connectivity index (χ1v) is 11.9. The number of ether oxygens (including phenoxy) is 3. The zero-order chi connectivity index (χ0) is 27.1. The molecule has 1 aliphatic rings. The van der Waals surface area contributed by atoms with Gasteiger partial charge in [0.05, 0.1) is 29.2 Å². The summed E-state index contributed by atoms with van der Waals surface area (Å²) in [6.07, 6.45) is 1.48. The SMILES string of the molecule is CCOc1cc(/C=C2\SC(=O)N(CC(=O)Nc3ccc(Cl)c(C(=O)OC)c3)C2=O)ccc1OCC(N)=O. The van der Waals surface area contributed by atoms with Crippen LogP contribution in [0.4, 0.5) is 10.5 Å². The maximum Gasteiger partial charge on any atom is 0.339 e. The smallest absolute Gasteiger partial charge is 0.339 e. The molecule has 2 aromatic rings. The van der Waals surface area contributed by atoms with Crippen LogP contribution in [0.3, 0.4) is 0 Å². The normalized spacial score (nSPS) is 14.0. The Kier molecular flexibility index (Phi) is 9.15. The fraction of sp³-hybridized carbons (Fsp3) is 0.208. The number of carbonyl (C=O) groups excluding carboxylic acids is 5. The highest BCUT2D eigenvalue weighted by Gasteiger charge is 2.36. The van der Waals surface area contributed by atoms with E-state index in [2.05, 4.69) is 10.1 Å². The molecule has 1 saturated heterocycles. The largest absolute Gasteiger partial charge is 0.490 e. The van der Waals surface area contributed by atoms with Crippen LogP contribution in [0.1, 0.15) is 22.8 Å². The summed E-state index contributed by atoms with van der Waals surface area (Å²) in [6, 6.07) is 8.94. The van der Waals surface area contributed by atoms with Crippen LogP contribution in [-0.2, 0) is 19.1 Å². The van der Waals surface area contributed by atoms with E-state index < -0.39 is 35.5 Å². The van der Waals surface area contributed by atoms with Gasteiger partial charge in [-0.15, -0.1) is 0 Å². The van der Waals surface area contributed by atoms with Gasteiger partial charge in [0.25, 0.3) is 17.1 Å². The van der Waals surface area contributed by atoms with Crippen LogP contribution in [0.5, 0.6) is 11.5 Å². The van der Waals surface area contributed by atoms with Gasteiger partial charge in [-0.05, 0) is 60.7 Å². The molecule has 13 heteroatoms. The number of rotatable bonds is 10. The second kappa shape index (κ2) is 12.3. The number of carbonyl (C=O) groups is 5. The molecule has 0 aliphatic carbocycles. The molecule has 0 bridgehead atoms. The van der Waals surface area contributed by atoms with E-state index in [0.717, 1.165) is 4.90 Å². The average Bonchev–Trinajstić information content (AvgIpc) is 3.11. The van der Waals surface area contributed by atoms with E-state index in [9.17, 15) is 24.0 Å². The number of imide groups is 1. The van der Waals surface area contributed by atoms with Crippen molar-refractivity contribution in [3.05, 3.63) is 57.5 Å². The summed E-state index contributed by atoms with van der Waals surface area (Å²) in [5.74, 6) is -2.02. The van der Waals surface area contributed by atoms with Gasteiger partial charge in [0.15, 0.2) is 18.1 Å². The zero-order valence-electron chi connectivity index (χ0n) is 19.7. The molecule has 0 unspecified atom stereocenters. The highest BCUT2D eigenvalue weighted by molar-refractivity contribution is 8.18. The Morgan fingerprint density at radius 3 is 2.54 bits per heavy atom. The highest BCUT2D eigenvalue weighted by Crippen LogP contribution is 2.34. The minimum absolute atomic E-state index is 0.0496. The first kappa shape index (κ1) is 27.6. The van der Waals surface area contributed by atoms with Crippen molar-refractivity contribution in [3.63, 3.8) is 0 Å². The number of amides is 4. The van der Waals surface area contributed by atoms with Gasteiger partial charge in [-0.1, -0.05) is 17.7 Å². The number of halogens is 1. The van der Waals surface area contributed by atoms with Crippen LogP contribution >= 0.6 is 23.4 Å². The molecule has 0 radical (unpaired) electrons. The van der Waals surface area contributed by atoms with E-state index in [1.807, 2.05) is 0 Å². The Bertz CT molecular complexity index is 1300. The van der Waals surface area contributed by atoms with Gasteiger partial charge in [0.2, 0.25) is 5.91 Å². The van der Waals surface area contributed by atoms with Crippen LogP contribution in [0.2, 0.25) is 5.02 Å². The molecular formula is C24H22ClN3O8S. The number of nitrogens with one attached hydrogen (secondary N) is 1. The Labute approximate surface area is 220 Å². The molecular weight excluding hydrogens is 526 g/mol. The quantitative estimate of drug-likeness (QED) is 0.337. The first-order chi connectivity index (χ1) is 17.6. The Morgan fingerprint density at radius 1 is 1.11 bits per heavy atom. The number of nitrogens with zero attached hydrogens (tertiary/aromatic N) is 1. The molecule has 194 valence electrons. The van der Waals surface area contributed by atoms with Gasteiger partial charge < -0.3 is 25.3 Å². The van der Waals surface area contributed by atoms with E-state index in [0.29, 0.717) is 35.4 Å². The summed E-state index contributed by atoms with van der Waals surface area (Å²) in [4.78, 5) is 61.5. The van der Waals surface area contributed by atoms with Crippen molar-refractivity contribution in [1.29, 1.82) is 0 Å². The minimum atomic E-state index is -0.683. The lowest BCUT2D eigenvalue weighted by molar-refractivity contribution is -0.127. The molecule has 0 atom stereocenters. The Morgan fingerprint density at radius 2 is 1.86 bits per heavy atom. The molecule has 1 aliphatic heterocycles. The first-order valence-electron chi connectivity index (χ1n) is 10.7. The Hall–Kier alpha value is -4.03. The van der Waals surface area contributed by atoms with Crippen LogP contribution in [0.15, 0.2) is 41.3 Å². The van der Waals surface area contributed by atoms with Crippen LogP contribution < -0.4 is 20.5 Å². The summed E-state index contributed by atoms with van der Waals surface area (Å²) in [7, 11) is 1.20. The number of esters is 1. The van der Waals surface area contributed by atoms with E-state index in [1.54, 1.807) is 25.1 Å². The third-order valence-corrected chi connectivity index (χ3v) is 6.00. The lowest BCUT2D eigenvalue weighted by Gasteiger charge is -2.13. The van der Waals surface area contributed by atoms with Crippen molar-refractivity contribution < 1.29 is 38.2 Å². The third kappa shape index (κ3) is 7.02. The molecule has 3 rings (SSSR count). The molecule has 3 N–H and O–H groups in total. The lowest BCUT2D eigenvalue weighted by Crippen LogP contribution is -2.36. The predicted octanol–water partition coefficient (Wildman–Crippen LogP) is 3.06. The standard InChI is InChI=1S/C24H22ClN3O8S/c1-3-35-18-8-13(4-7-17(18)36-12-20(26)29)9-19-22(31)28(24(33)37-19)11-21(30)27-14-5-6-16(25)15(10-14)23(32)34-2/h4-10H,3,11-12H2,1-2H3,(H2,26,29)(H,27,30)/b19-9-. The zero-order valence-corrected chi connectivity index (χ0v) is 21.3. The van der Waals surface area contributed by atoms with Gasteiger partial charge in [0, 0.05) is 5.69 Å². The molecule has 0 saturated carbocycles.